The molecular weight excluding hydrogens is 214 g/mol. The predicted octanol–water partition coefficient (Wildman–Crippen LogP) is 3.62. The Balaban J connectivity index is 2.08. The zero-order chi connectivity index (χ0) is 12.1. The zero-order valence-corrected chi connectivity index (χ0v) is 9.50. The molecule has 2 aromatic carbocycles. The molecule has 0 aromatic heterocycles. The van der Waals surface area contributed by atoms with Crippen LogP contribution < -0.4 is 5.43 Å². The number of nitrogens with zero attached hydrogens (tertiary/aromatic N) is 2. The van der Waals surface area contributed by atoms with E-state index in [1.54, 1.807) is 24.3 Å². The Hall–Kier alpha value is -2.36. The maximum absolute atomic E-state index is 11.6. The average Bonchev–Trinajstić information content (AvgIpc) is 2.39. The molecule has 0 bridgehead atoms. The van der Waals surface area contributed by atoms with Gasteiger partial charge in [0.1, 0.15) is 5.69 Å². The summed E-state index contributed by atoms with van der Waals surface area (Å²) in [6.45, 7) is 2.00. The summed E-state index contributed by atoms with van der Waals surface area (Å²) in [5.74, 6) is 0. The van der Waals surface area contributed by atoms with Crippen molar-refractivity contribution in [2.45, 2.75) is 6.92 Å². The van der Waals surface area contributed by atoms with Crippen molar-refractivity contribution in [1.82, 2.24) is 0 Å². The Morgan fingerprint density at radius 3 is 2.29 bits per heavy atom. The van der Waals surface area contributed by atoms with Crippen molar-refractivity contribution in [3.05, 3.63) is 65.4 Å². The van der Waals surface area contributed by atoms with Crippen LogP contribution in [0.2, 0.25) is 0 Å². The van der Waals surface area contributed by atoms with Crippen LogP contribution >= 0.6 is 0 Å². The normalized spacial score (nSPS) is 11.2. The van der Waals surface area contributed by atoms with Crippen molar-refractivity contribution in [2.75, 3.05) is 5.43 Å². The zero-order valence-electron chi connectivity index (χ0n) is 9.50. The van der Waals surface area contributed by atoms with Crippen LogP contribution in [0.15, 0.2) is 59.8 Å². The number of benzene rings is 2. The topological polar surface area (TPSA) is 50.5 Å². The van der Waals surface area contributed by atoms with Crippen molar-refractivity contribution >= 4 is 11.4 Å². The number of rotatable bonds is 3. The molecule has 0 atom stereocenters. The first-order valence-corrected chi connectivity index (χ1v) is 5.31. The second-order valence-corrected chi connectivity index (χ2v) is 3.69. The molecule has 0 saturated carbocycles. The van der Waals surface area contributed by atoms with E-state index in [1.165, 1.54) is 0 Å². The number of hydrogen-bond donors (Lipinski definition) is 1. The molecule has 0 amide bonds. The van der Waals surface area contributed by atoms with E-state index in [9.17, 15) is 5.21 Å². The molecule has 0 unspecified atom stereocenters. The van der Waals surface area contributed by atoms with Crippen molar-refractivity contribution in [1.29, 1.82) is 0 Å². The van der Waals surface area contributed by atoms with Crippen LogP contribution in [0.25, 0.3) is 0 Å². The molecule has 0 aliphatic heterocycles. The molecule has 2 aromatic rings. The van der Waals surface area contributed by atoms with Crippen molar-refractivity contribution in [3.8, 4) is 0 Å². The predicted molar refractivity (Wildman–Crippen MR) is 67.0 cm³/mol. The fourth-order valence-electron chi connectivity index (χ4n) is 1.34. The van der Waals surface area contributed by atoms with Crippen LogP contribution in [-0.2, 0) is 0 Å². The van der Waals surface area contributed by atoms with Gasteiger partial charge in [0, 0.05) is 0 Å². The SMILES string of the molecule is Cc1ccc(NN=[N+]([O-])c2ccccc2)cc1. The van der Waals surface area contributed by atoms with Gasteiger partial charge in [-0.2, -0.15) is 0 Å². The molecule has 0 aliphatic rings. The molecular formula is C13H13N3O. The number of nitrogens with one attached hydrogen (secondary N) is 1. The van der Waals surface area contributed by atoms with E-state index in [1.807, 2.05) is 37.3 Å². The van der Waals surface area contributed by atoms with Gasteiger partial charge in [-0.15, -0.1) is 10.3 Å². The summed E-state index contributed by atoms with van der Waals surface area (Å²) >= 11 is 0. The van der Waals surface area contributed by atoms with E-state index in [0.717, 1.165) is 11.3 Å². The average molecular weight is 227 g/mol. The first-order valence-electron chi connectivity index (χ1n) is 5.31. The van der Waals surface area contributed by atoms with Crippen LogP contribution in [0, 0.1) is 12.1 Å². The molecule has 4 heteroatoms. The van der Waals surface area contributed by atoms with Crippen molar-refractivity contribution < 1.29 is 4.86 Å². The molecule has 2 rings (SSSR count). The summed E-state index contributed by atoms with van der Waals surface area (Å²) in [5.41, 5.74) is 5.15. The van der Waals surface area contributed by atoms with Gasteiger partial charge in [0.05, 0.1) is 5.22 Å². The first kappa shape index (κ1) is 11.1. The van der Waals surface area contributed by atoms with Gasteiger partial charge in [-0.1, -0.05) is 35.9 Å². The van der Waals surface area contributed by atoms with Crippen LogP contribution in [0.4, 0.5) is 11.4 Å². The lowest BCUT2D eigenvalue weighted by Gasteiger charge is -2.04. The Morgan fingerprint density at radius 1 is 1.00 bits per heavy atom. The Labute approximate surface area is 99.8 Å². The first-order chi connectivity index (χ1) is 8.25. The fraction of sp³-hybridized carbons (Fsp3) is 0.0769. The standard InChI is InChI=1S/C13H13N3O/c1-11-7-9-12(10-8-11)14-15-16(17)13-5-3-2-4-6-13/h2-10,14H,1H3. The molecule has 0 aliphatic carbocycles. The lowest BCUT2D eigenvalue weighted by atomic mass is 10.2. The van der Waals surface area contributed by atoms with Gasteiger partial charge in [0.2, 0.25) is 0 Å². The second kappa shape index (κ2) is 5.12. The largest absolute Gasteiger partial charge is 0.691 e. The maximum atomic E-state index is 11.6. The van der Waals surface area contributed by atoms with Gasteiger partial charge in [0.25, 0.3) is 0 Å². The molecule has 0 saturated heterocycles. The molecule has 86 valence electrons. The highest BCUT2D eigenvalue weighted by molar-refractivity contribution is 5.43. The molecule has 0 fully saturated rings. The Bertz CT molecular complexity index is 506. The van der Waals surface area contributed by atoms with Crippen molar-refractivity contribution in [3.63, 3.8) is 0 Å². The van der Waals surface area contributed by atoms with Crippen LogP contribution in [0.1, 0.15) is 5.56 Å². The highest BCUT2D eigenvalue weighted by atomic mass is 16.5. The van der Waals surface area contributed by atoms with Gasteiger partial charge in [-0.05, 0) is 31.2 Å². The third-order valence-electron chi connectivity index (χ3n) is 2.30. The van der Waals surface area contributed by atoms with Gasteiger partial charge < -0.3 is 5.21 Å². The highest BCUT2D eigenvalue weighted by Crippen LogP contribution is 2.12. The van der Waals surface area contributed by atoms with Crippen LogP contribution in [0.3, 0.4) is 0 Å². The molecule has 4 nitrogen and oxygen atoms in total. The van der Waals surface area contributed by atoms with E-state index in [0.29, 0.717) is 10.5 Å². The van der Waals surface area contributed by atoms with Gasteiger partial charge in [-0.25, -0.2) is 0 Å². The van der Waals surface area contributed by atoms with Gasteiger partial charge in [-0.3, -0.25) is 0 Å². The molecule has 17 heavy (non-hydrogen) atoms. The van der Waals surface area contributed by atoms with Gasteiger partial charge >= 0.3 is 0 Å². The van der Waals surface area contributed by atoms with E-state index in [2.05, 4.69) is 10.6 Å². The lowest BCUT2D eigenvalue weighted by Crippen LogP contribution is -1.97. The summed E-state index contributed by atoms with van der Waals surface area (Å²) in [7, 11) is 0. The highest BCUT2D eigenvalue weighted by Gasteiger charge is 1.97. The second-order valence-electron chi connectivity index (χ2n) is 3.69. The number of hydrogen-bond acceptors (Lipinski definition) is 2. The molecule has 1 N–H and O–H groups in total. The van der Waals surface area contributed by atoms with Gasteiger partial charge in [0.15, 0.2) is 5.69 Å². The summed E-state index contributed by atoms with van der Waals surface area (Å²) in [5, 5.41) is 15.3. The molecule has 0 heterocycles. The minimum atomic E-state index is 0.493. The van der Waals surface area contributed by atoms with Crippen LogP contribution in [0.5, 0.6) is 0 Å². The third-order valence-corrected chi connectivity index (χ3v) is 2.30. The Kier molecular flexibility index (Phi) is 3.35. The third kappa shape index (κ3) is 3.04. The lowest BCUT2D eigenvalue weighted by molar-refractivity contribution is -0.439. The molecule has 0 radical (unpaired) electrons. The number of anilines is 1. The smallest absolute Gasteiger partial charge is 0.154 e. The molecule has 0 spiro atoms. The summed E-state index contributed by atoms with van der Waals surface area (Å²) < 4.78 is 0. The maximum Gasteiger partial charge on any atom is 0.154 e. The Morgan fingerprint density at radius 2 is 1.65 bits per heavy atom. The quantitative estimate of drug-likeness (QED) is 0.494. The fourth-order valence-corrected chi connectivity index (χ4v) is 1.34. The van der Waals surface area contributed by atoms with E-state index in [-0.39, 0.29) is 0 Å². The minimum Gasteiger partial charge on any atom is -0.691 e. The van der Waals surface area contributed by atoms with E-state index in [4.69, 9.17) is 0 Å². The minimum absolute atomic E-state index is 0.493. The number of para-hydroxylation sites is 1. The summed E-state index contributed by atoms with van der Waals surface area (Å²) in [6.07, 6.45) is 0. The van der Waals surface area contributed by atoms with Crippen LogP contribution in [-0.4, -0.2) is 4.86 Å². The van der Waals surface area contributed by atoms with E-state index >= 15 is 0 Å². The summed E-state index contributed by atoms with van der Waals surface area (Å²) in [6, 6.07) is 16.5. The monoisotopic (exact) mass is 227 g/mol. The number of aryl methyl sites for hydroxylation is 1. The summed E-state index contributed by atoms with van der Waals surface area (Å²) in [4.78, 5) is 0.555. The van der Waals surface area contributed by atoms with Crippen molar-refractivity contribution in [2.24, 2.45) is 5.22 Å². The van der Waals surface area contributed by atoms with E-state index < -0.39 is 0 Å².